The Morgan fingerprint density at radius 2 is 1.59 bits per heavy atom. The van der Waals surface area contributed by atoms with Crippen LogP contribution in [0, 0.1) is 13.8 Å². The molecule has 8 heteroatoms. The summed E-state index contributed by atoms with van der Waals surface area (Å²) < 4.78 is 27.8. The number of anilines is 2. The van der Waals surface area contributed by atoms with E-state index in [0.29, 0.717) is 24.3 Å². The van der Waals surface area contributed by atoms with Gasteiger partial charge in [-0.2, -0.15) is 4.72 Å². The van der Waals surface area contributed by atoms with Crippen molar-refractivity contribution in [2.75, 3.05) is 36.4 Å². The van der Waals surface area contributed by atoms with E-state index in [0.717, 1.165) is 18.7 Å². The smallest absolute Gasteiger partial charge is 0.253 e. The van der Waals surface area contributed by atoms with Gasteiger partial charge >= 0.3 is 0 Å². The van der Waals surface area contributed by atoms with Crippen LogP contribution in [0.3, 0.4) is 0 Å². The molecule has 0 aromatic heterocycles. The summed E-state index contributed by atoms with van der Waals surface area (Å²) in [4.78, 5) is 17.6. The van der Waals surface area contributed by atoms with Gasteiger partial charge in [0.1, 0.15) is 11.1 Å². The van der Waals surface area contributed by atoms with Crippen LogP contribution in [0.15, 0.2) is 71.6 Å². The van der Waals surface area contributed by atoms with Crippen LogP contribution >= 0.6 is 0 Å². The van der Waals surface area contributed by atoms with Gasteiger partial charge in [-0.05, 0) is 60.9 Å². The number of carbonyl (C=O) groups excluding carboxylic acids is 1. The topological polar surface area (TPSA) is 81.8 Å². The highest BCUT2D eigenvalue weighted by Gasteiger charge is 2.30. The minimum Gasteiger partial charge on any atom is -0.368 e. The van der Waals surface area contributed by atoms with Crippen molar-refractivity contribution in [1.29, 1.82) is 0 Å². The van der Waals surface area contributed by atoms with Gasteiger partial charge in [-0.3, -0.25) is 4.79 Å². The Labute approximate surface area is 200 Å². The maximum absolute atomic E-state index is 13.1. The van der Waals surface area contributed by atoms with Crippen molar-refractivity contribution >= 4 is 27.3 Å². The van der Waals surface area contributed by atoms with Crippen LogP contribution in [0.4, 0.5) is 11.4 Å². The van der Waals surface area contributed by atoms with E-state index in [1.807, 2.05) is 4.90 Å². The van der Waals surface area contributed by atoms with Crippen LogP contribution < -0.4 is 14.9 Å². The summed E-state index contributed by atoms with van der Waals surface area (Å²) in [7, 11) is -3.61. The molecule has 2 heterocycles. The monoisotopic (exact) mass is 476 g/mol. The molecule has 2 aliphatic rings. The lowest BCUT2D eigenvalue weighted by atomic mass is 10.1. The van der Waals surface area contributed by atoms with E-state index in [4.69, 9.17) is 0 Å². The molecule has 176 valence electrons. The Bertz CT molecular complexity index is 1330. The molecule has 1 amide bonds. The molecular formula is C26H28N4O3S. The average Bonchev–Trinajstić information content (AvgIpc) is 2.85. The van der Waals surface area contributed by atoms with Gasteiger partial charge in [0.15, 0.2) is 0 Å². The zero-order valence-corrected chi connectivity index (χ0v) is 20.1. The Balaban J connectivity index is 1.26. The third-order valence-corrected chi connectivity index (χ3v) is 8.21. The lowest BCUT2D eigenvalue weighted by Crippen LogP contribution is -2.49. The number of amides is 1. The van der Waals surface area contributed by atoms with Crippen LogP contribution in [-0.4, -0.2) is 45.4 Å². The van der Waals surface area contributed by atoms with E-state index >= 15 is 0 Å². The fourth-order valence-electron chi connectivity index (χ4n) is 4.60. The van der Waals surface area contributed by atoms with E-state index < -0.39 is 16.2 Å². The fraction of sp³-hybridized carbons (Fsp3) is 0.269. The van der Waals surface area contributed by atoms with Crippen molar-refractivity contribution in [1.82, 2.24) is 9.62 Å². The number of nitrogens with one attached hydrogen (secondary N) is 2. The quantitative estimate of drug-likeness (QED) is 0.603. The van der Waals surface area contributed by atoms with Gasteiger partial charge in [0.05, 0.1) is 5.69 Å². The third-order valence-electron chi connectivity index (χ3n) is 6.72. The number of benzene rings is 3. The second-order valence-electron chi connectivity index (χ2n) is 8.82. The van der Waals surface area contributed by atoms with Gasteiger partial charge in [-0.1, -0.05) is 36.4 Å². The fourth-order valence-corrected chi connectivity index (χ4v) is 5.91. The van der Waals surface area contributed by atoms with Crippen molar-refractivity contribution < 1.29 is 13.2 Å². The summed E-state index contributed by atoms with van der Waals surface area (Å²) in [5, 5.41) is 3.22. The molecule has 3 aromatic rings. The summed E-state index contributed by atoms with van der Waals surface area (Å²) in [6.07, 6.45) is -0.592. The lowest BCUT2D eigenvalue weighted by Gasteiger charge is -2.37. The van der Waals surface area contributed by atoms with Crippen LogP contribution in [-0.2, 0) is 10.0 Å². The van der Waals surface area contributed by atoms with Crippen LogP contribution in [0.5, 0.6) is 0 Å². The highest BCUT2D eigenvalue weighted by molar-refractivity contribution is 7.89. The molecule has 5 rings (SSSR count). The van der Waals surface area contributed by atoms with Crippen molar-refractivity contribution in [2.45, 2.75) is 24.9 Å². The number of fused-ring (bicyclic) bond motifs is 1. The minimum atomic E-state index is -3.61. The Hall–Kier alpha value is -3.36. The minimum absolute atomic E-state index is 0.00491. The molecule has 2 aliphatic heterocycles. The van der Waals surface area contributed by atoms with Crippen LogP contribution in [0.25, 0.3) is 0 Å². The maximum atomic E-state index is 13.1. The second kappa shape index (κ2) is 8.77. The molecule has 0 saturated carbocycles. The number of piperazine rings is 1. The summed E-state index contributed by atoms with van der Waals surface area (Å²) in [5.41, 5.74) is 5.70. The number of rotatable bonds is 3. The number of hydrogen-bond acceptors (Lipinski definition) is 5. The Morgan fingerprint density at radius 1 is 0.882 bits per heavy atom. The van der Waals surface area contributed by atoms with E-state index in [1.54, 1.807) is 48.5 Å². The zero-order valence-electron chi connectivity index (χ0n) is 19.3. The van der Waals surface area contributed by atoms with Gasteiger partial charge in [0.2, 0.25) is 10.0 Å². The third kappa shape index (κ3) is 4.15. The van der Waals surface area contributed by atoms with Crippen molar-refractivity contribution in [3.05, 3.63) is 89.0 Å². The summed E-state index contributed by atoms with van der Waals surface area (Å²) in [6, 6.07) is 20.3. The number of sulfonamides is 1. The highest BCUT2D eigenvalue weighted by atomic mass is 32.2. The van der Waals surface area contributed by atoms with Crippen molar-refractivity contribution in [3.8, 4) is 0 Å². The molecule has 1 fully saturated rings. The number of hydrogen-bond donors (Lipinski definition) is 2. The van der Waals surface area contributed by atoms with Gasteiger partial charge in [0.25, 0.3) is 5.91 Å². The number of aryl methyl sites for hydroxylation is 1. The molecule has 2 N–H and O–H groups in total. The number of carbonyl (C=O) groups is 1. The van der Waals surface area contributed by atoms with Crippen molar-refractivity contribution in [2.24, 2.45) is 0 Å². The molecule has 0 unspecified atom stereocenters. The van der Waals surface area contributed by atoms with Gasteiger partial charge in [0, 0.05) is 37.4 Å². The first-order valence-electron chi connectivity index (χ1n) is 11.4. The molecule has 1 saturated heterocycles. The molecule has 0 radical (unpaired) electrons. The molecule has 0 spiro atoms. The molecule has 0 bridgehead atoms. The van der Waals surface area contributed by atoms with Gasteiger partial charge < -0.3 is 15.1 Å². The van der Waals surface area contributed by atoms with Gasteiger partial charge in [-0.25, -0.2) is 8.42 Å². The summed E-state index contributed by atoms with van der Waals surface area (Å²) in [5.74, 6) is -0.00491. The first kappa shape index (κ1) is 22.4. The first-order chi connectivity index (χ1) is 16.3. The average molecular weight is 477 g/mol. The van der Waals surface area contributed by atoms with Crippen LogP contribution in [0.1, 0.15) is 33.2 Å². The summed E-state index contributed by atoms with van der Waals surface area (Å²) >= 11 is 0. The molecule has 7 nitrogen and oxygen atoms in total. The predicted octanol–water partition coefficient (Wildman–Crippen LogP) is 3.67. The molecule has 1 atom stereocenters. The van der Waals surface area contributed by atoms with E-state index in [-0.39, 0.29) is 10.8 Å². The highest BCUT2D eigenvalue weighted by Crippen LogP contribution is 2.31. The molecular weight excluding hydrogens is 448 g/mol. The molecule has 0 aliphatic carbocycles. The number of nitrogens with zero attached hydrogens (tertiary/aromatic N) is 2. The largest absolute Gasteiger partial charge is 0.368 e. The summed E-state index contributed by atoms with van der Waals surface area (Å²) in [6.45, 7) is 7.17. The zero-order chi connectivity index (χ0) is 23.9. The Morgan fingerprint density at radius 3 is 2.32 bits per heavy atom. The van der Waals surface area contributed by atoms with Crippen LogP contribution in [0.2, 0.25) is 0 Å². The standard InChI is InChI=1S/C26H28N4O3S/c1-18-6-5-8-23(19(18)2)29-14-16-30(17-15-29)26(31)21-12-10-20(11-13-21)25-27-22-7-3-4-9-24(22)34(32,33)28-25/h3-13,25,27-28H,14-17H2,1-2H3/t25-/m1/s1. The second-order valence-corrected chi connectivity index (χ2v) is 10.5. The lowest BCUT2D eigenvalue weighted by molar-refractivity contribution is 0.0746. The predicted molar refractivity (Wildman–Crippen MR) is 134 cm³/mol. The van der Waals surface area contributed by atoms with Gasteiger partial charge in [-0.15, -0.1) is 0 Å². The molecule has 34 heavy (non-hydrogen) atoms. The van der Waals surface area contributed by atoms with E-state index in [2.05, 4.69) is 47.0 Å². The SMILES string of the molecule is Cc1cccc(N2CCN(C(=O)c3ccc([C@@H]4Nc5ccccc5S(=O)(=O)N4)cc3)CC2)c1C. The van der Waals surface area contributed by atoms with Crippen molar-refractivity contribution in [3.63, 3.8) is 0 Å². The number of para-hydroxylation sites is 1. The Kier molecular flexibility index (Phi) is 5.79. The molecule has 3 aromatic carbocycles. The van der Waals surface area contributed by atoms with E-state index in [9.17, 15) is 13.2 Å². The van der Waals surface area contributed by atoms with E-state index in [1.165, 1.54) is 16.8 Å². The maximum Gasteiger partial charge on any atom is 0.253 e. The first-order valence-corrected chi connectivity index (χ1v) is 12.9. The normalized spacial score (nSPS) is 19.3.